The van der Waals surface area contributed by atoms with Crippen LogP contribution in [0.1, 0.15) is 52.7 Å². The Kier molecular flexibility index (Phi) is 11.4. The number of halogens is 4. The van der Waals surface area contributed by atoms with Gasteiger partial charge in [0.15, 0.2) is 0 Å². The molecular formula is C80H57B2F4N5O. The van der Waals surface area contributed by atoms with Crippen molar-refractivity contribution in [3.05, 3.63) is 271 Å². The van der Waals surface area contributed by atoms with Gasteiger partial charge in [0.1, 0.15) is 34.8 Å². The van der Waals surface area contributed by atoms with Crippen molar-refractivity contribution in [2.24, 2.45) is 0 Å². The predicted octanol–water partition coefficient (Wildman–Crippen LogP) is 17.5. The van der Waals surface area contributed by atoms with Crippen LogP contribution in [0.15, 0.2) is 237 Å². The Morgan fingerprint density at radius 2 is 0.772 bits per heavy atom. The Bertz CT molecular complexity index is 5530. The van der Waals surface area contributed by atoms with Crippen LogP contribution in [0.3, 0.4) is 0 Å². The fourth-order valence-corrected chi connectivity index (χ4v) is 15.5. The predicted molar refractivity (Wildman–Crippen MR) is 372 cm³/mol. The van der Waals surface area contributed by atoms with Gasteiger partial charge < -0.3 is 28.6 Å². The quantitative estimate of drug-likeness (QED) is 0.127. The summed E-state index contributed by atoms with van der Waals surface area (Å²) in [5, 5.41) is 4.31. The normalized spacial score (nSPS) is 13.7. The van der Waals surface area contributed by atoms with Gasteiger partial charge in [0.2, 0.25) is 0 Å². The van der Waals surface area contributed by atoms with Gasteiger partial charge in [0.05, 0.1) is 44.8 Å². The molecule has 0 saturated heterocycles. The second-order valence-electron chi connectivity index (χ2n) is 27.0. The third kappa shape index (κ3) is 7.82. The van der Waals surface area contributed by atoms with Crippen LogP contribution in [-0.4, -0.2) is 22.6 Å². The number of benzene rings is 12. The molecule has 0 bridgehead atoms. The van der Waals surface area contributed by atoms with Crippen LogP contribution in [-0.2, 0) is 10.8 Å². The van der Waals surface area contributed by atoms with Crippen LogP contribution in [0.4, 0.5) is 68.7 Å². The third-order valence-electron chi connectivity index (χ3n) is 19.7. The molecule has 6 nitrogen and oxygen atoms in total. The molecule has 92 heavy (non-hydrogen) atoms. The Morgan fingerprint density at radius 1 is 0.304 bits per heavy atom. The van der Waals surface area contributed by atoms with E-state index in [0.29, 0.717) is 34.2 Å². The number of nitrogens with zero attached hydrogens (tertiary/aromatic N) is 5. The zero-order chi connectivity index (χ0) is 62.4. The van der Waals surface area contributed by atoms with E-state index in [-0.39, 0.29) is 22.2 Å². The van der Waals surface area contributed by atoms with Gasteiger partial charge in [-0.25, -0.2) is 17.6 Å². The number of anilines is 9. The smallest absolute Gasteiger partial charge is 0.256 e. The summed E-state index contributed by atoms with van der Waals surface area (Å²) in [6.07, 6.45) is 0. The number of ether oxygens (including phenoxy) is 1. The molecule has 4 aliphatic rings. The minimum Gasteiger partial charge on any atom is -0.458 e. The number of hydrogen-bond donors (Lipinski definition) is 0. The maximum Gasteiger partial charge on any atom is 0.256 e. The van der Waals surface area contributed by atoms with Gasteiger partial charge in [0, 0.05) is 79.6 Å². The van der Waals surface area contributed by atoms with Gasteiger partial charge in [0.25, 0.3) is 13.4 Å². The van der Waals surface area contributed by atoms with Gasteiger partial charge in [-0.2, -0.15) is 0 Å². The summed E-state index contributed by atoms with van der Waals surface area (Å²) < 4.78 is 78.5. The van der Waals surface area contributed by atoms with Crippen molar-refractivity contribution in [3.8, 4) is 22.9 Å². The standard InChI is InChI=1S/C80H57B2F4N5O/c1-79(2,3)46-28-32-55-53-20-10-14-24-63(53)88(68(55)36-46)51-40-72-77-73(41-51)90(66-34-30-48(83)38-61(66)85)70-45-71-60(44-59(70)81(77)57-22-12-16-26-65(57)87(72)50-18-8-7-9-19-50)82-58-23-13-17-27-75(58)92-76-43-52(42-74(78(76)82)91(71)67-35-31-49(84)39-62(67)86)89-64-25-15-11-21-54(64)56-33-29-47(37-69(56)89)80(4,5)6/h7-45H,1-6H3. The summed E-state index contributed by atoms with van der Waals surface area (Å²) in [6.45, 7) is 12.3. The first kappa shape index (κ1) is 54.2. The van der Waals surface area contributed by atoms with Crippen molar-refractivity contribution in [1.82, 2.24) is 9.13 Å². The van der Waals surface area contributed by atoms with Gasteiger partial charge in [-0.1, -0.05) is 163 Å². The molecule has 0 aliphatic carbocycles. The molecule has 0 atom stereocenters. The molecule has 12 heteroatoms. The number of aromatic nitrogens is 2. The van der Waals surface area contributed by atoms with Crippen LogP contribution in [0.5, 0.6) is 11.5 Å². The molecular weight excluding hydrogens is 1140 g/mol. The van der Waals surface area contributed by atoms with E-state index in [0.717, 1.165) is 123 Å². The minimum atomic E-state index is -0.779. The molecule has 0 fully saturated rings. The highest BCUT2D eigenvalue weighted by molar-refractivity contribution is 7.02. The topological polar surface area (TPSA) is 28.8 Å². The van der Waals surface area contributed by atoms with Crippen molar-refractivity contribution < 1.29 is 22.3 Å². The van der Waals surface area contributed by atoms with Gasteiger partial charge in [-0.15, -0.1) is 0 Å². The molecule has 12 aromatic carbocycles. The van der Waals surface area contributed by atoms with E-state index in [1.807, 2.05) is 52.3 Å². The molecule has 0 saturated carbocycles. The maximum absolute atomic E-state index is 17.8. The summed E-state index contributed by atoms with van der Waals surface area (Å²) in [7, 11) is 0. The van der Waals surface area contributed by atoms with E-state index in [2.05, 4.69) is 213 Å². The highest BCUT2D eigenvalue weighted by Gasteiger charge is 2.49. The molecule has 14 aromatic rings. The van der Waals surface area contributed by atoms with E-state index in [1.165, 1.54) is 29.8 Å². The van der Waals surface area contributed by atoms with Crippen molar-refractivity contribution in [1.29, 1.82) is 0 Å². The average Bonchev–Trinajstić information content (AvgIpc) is 0.696. The summed E-state index contributed by atoms with van der Waals surface area (Å²) in [5.74, 6) is -1.73. The first-order valence-corrected chi connectivity index (χ1v) is 31.4. The molecule has 0 unspecified atom stereocenters. The Hall–Kier alpha value is -10.7. The largest absolute Gasteiger partial charge is 0.458 e. The lowest BCUT2D eigenvalue weighted by Crippen LogP contribution is -2.64. The Labute approximate surface area is 530 Å². The molecule has 0 radical (unpaired) electrons. The van der Waals surface area contributed by atoms with E-state index >= 15 is 17.6 Å². The number of rotatable bonds is 5. The molecule has 6 heterocycles. The lowest BCUT2D eigenvalue weighted by molar-refractivity contribution is 0.487. The lowest BCUT2D eigenvalue weighted by atomic mass is 9.30. The minimum absolute atomic E-state index is 0.101. The first-order valence-electron chi connectivity index (χ1n) is 31.4. The summed E-state index contributed by atoms with van der Waals surface area (Å²) >= 11 is 0. The van der Waals surface area contributed by atoms with Crippen LogP contribution in [0.2, 0.25) is 0 Å². The summed E-state index contributed by atoms with van der Waals surface area (Å²) in [5.41, 5.74) is 18.3. The van der Waals surface area contributed by atoms with E-state index < -0.39 is 36.7 Å². The van der Waals surface area contributed by atoms with Crippen molar-refractivity contribution >= 4 is 141 Å². The Morgan fingerprint density at radius 3 is 1.34 bits per heavy atom. The number of hydrogen-bond acceptors (Lipinski definition) is 4. The lowest BCUT2D eigenvalue weighted by Gasteiger charge is -2.46. The highest BCUT2D eigenvalue weighted by Crippen LogP contribution is 2.51. The highest BCUT2D eigenvalue weighted by atomic mass is 19.1. The van der Waals surface area contributed by atoms with E-state index in [9.17, 15) is 0 Å². The summed E-state index contributed by atoms with van der Waals surface area (Å²) in [4.78, 5) is 6.18. The molecule has 4 aliphatic heterocycles. The molecule has 18 rings (SSSR count). The third-order valence-corrected chi connectivity index (χ3v) is 19.7. The molecule has 442 valence electrons. The SMILES string of the molecule is CC(C)(C)c1ccc2c3ccccc3n(-c3cc4c5c(c3)N(c3ccc(F)cc3F)c3cc6c(cc3B5c3ccccc3O4)B3c4ccccc4N(c4ccccc4)c4cc(-n5c7ccccc7c7ccc(C(C)(C)C)cc75)cc(c43)N6c3ccc(F)cc3F)c2c1. The first-order chi connectivity index (χ1) is 44.6. The van der Waals surface area contributed by atoms with Crippen molar-refractivity contribution in [2.45, 2.75) is 52.4 Å². The molecule has 2 aromatic heterocycles. The van der Waals surface area contributed by atoms with Crippen LogP contribution in [0, 0.1) is 23.3 Å². The fraction of sp³-hybridized carbons (Fsp3) is 0.100. The Balaban J connectivity index is 0.976. The summed E-state index contributed by atoms with van der Waals surface area (Å²) in [6, 6.07) is 77.7. The van der Waals surface area contributed by atoms with Crippen LogP contribution >= 0.6 is 0 Å². The average molecular weight is 1200 g/mol. The van der Waals surface area contributed by atoms with E-state index in [1.54, 1.807) is 0 Å². The molecule has 0 N–H and O–H groups in total. The monoisotopic (exact) mass is 1200 g/mol. The zero-order valence-corrected chi connectivity index (χ0v) is 51.3. The van der Waals surface area contributed by atoms with Gasteiger partial charge >= 0.3 is 0 Å². The van der Waals surface area contributed by atoms with Gasteiger partial charge in [-0.05, 0) is 152 Å². The second-order valence-corrected chi connectivity index (χ2v) is 27.0. The number of fused-ring (bicyclic) bond motifs is 14. The van der Waals surface area contributed by atoms with Gasteiger partial charge in [-0.3, -0.25) is 0 Å². The van der Waals surface area contributed by atoms with Crippen LogP contribution in [0.25, 0.3) is 55.0 Å². The second kappa shape index (κ2) is 19.4. The fourth-order valence-electron chi connectivity index (χ4n) is 15.5. The van der Waals surface area contributed by atoms with Crippen LogP contribution < -0.4 is 52.2 Å². The molecule has 0 spiro atoms. The maximum atomic E-state index is 17.8. The number of para-hydroxylation sites is 5. The molecule has 0 amide bonds. The zero-order valence-electron chi connectivity index (χ0n) is 51.3. The van der Waals surface area contributed by atoms with Crippen molar-refractivity contribution in [2.75, 3.05) is 14.7 Å². The van der Waals surface area contributed by atoms with E-state index in [4.69, 9.17) is 4.74 Å². The van der Waals surface area contributed by atoms with Crippen molar-refractivity contribution in [3.63, 3.8) is 0 Å².